The maximum absolute atomic E-state index is 13.1. The molecule has 150 valence electrons. The number of para-hydroxylation sites is 2. The summed E-state index contributed by atoms with van der Waals surface area (Å²) < 4.78 is 1.62. The molecule has 1 aromatic heterocycles. The molecule has 4 aromatic rings. The van der Waals surface area contributed by atoms with Crippen molar-refractivity contribution < 1.29 is 4.79 Å². The number of aromatic nitrogens is 2. The summed E-state index contributed by atoms with van der Waals surface area (Å²) in [7, 11) is 0. The smallest absolute Gasteiger partial charge is 0.266 e. The van der Waals surface area contributed by atoms with Crippen LogP contribution in [0.3, 0.4) is 0 Å². The van der Waals surface area contributed by atoms with E-state index in [1.54, 1.807) is 10.6 Å². The zero-order valence-electron chi connectivity index (χ0n) is 16.5. The Morgan fingerprint density at radius 3 is 2.43 bits per heavy atom. The molecule has 0 unspecified atom stereocenters. The van der Waals surface area contributed by atoms with E-state index in [-0.39, 0.29) is 11.5 Å². The molecule has 5 nitrogen and oxygen atoms in total. The minimum absolute atomic E-state index is 0.0687. The number of fused-ring (bicyclic) bond motifs is 1. The molecule has 0 aliphatic heterocycles. The van der Waals surface area contributed by atoms with Gasteiger partial charge in [-0.2, -0.15) is 0 Å². The maximum Gasteiger partial charge on any atom is 0.266 e. The molecule has 0 radical (unpaired) electrons. The van der Waals surface area contributed by atoms with Gasteiger partial charge in [-0.05, 0) is 43.3 Å². The average molecular weight is 416 g/mol. The van der Waals surface area contributed by atoms with Gasteiger partial charge in [0.15, 0.2) is 5.16 Å². The zero-order valence-corrected chi connectivity index (χ0v) is 17.4. The second kappa shape index (κ2) is 8.97. The third-order valence-corrected chi connectivity index (χ3v) is 5.60. The number of carbonyl (C=O) groups excluding carboxylic acids is 1. The quantitative estimate of drug-likeness (QED) is 0.362. The molecule has 1 amide bonds. The number of hydrogen-bond acceptors (Lipinski definition) is 4. The lowest BCUT2D eigenvalue weighted by atomic mass is 10.2. The number of carbonyl (C=O) groups is 1. The average Bonchev–Trinajstić information content (AvgIpc) is 2.76. The lowest BCUT2D eigenvalue weighted by Gasteiger charge is -2.13. The lowest BCUT2D eigenvalue weighted by molar-refractivity contribution is -0.115. The fraction of sp³-hybridized carbons (Fsp3) is 0.125. The highest BCUT2D eigenvalue weighted by molar-refractivity contribution is 7.99. The topological polar surface area (TPSA) is 64.0 Å². The Bertz CT molecular complexity index is 1240. The van der Waals surface area contributed by atoms with Crippen LogP contribution in [-0.4, -0.2) is 21.2 Å². The van der Waals surface area contributed by atoms with Crippen molar-refractivity contribution in [2.75, 3.05) is 11.1 Å². The number of amides is 1. The summed E-state index contributed by atoms with van der Waals surface area (Å²) in [6, 6.07) is 24.5. The van der Waals surface area contributed by atoms with Crippen LogP contribution in [0.2, 0.25) is 0 Å². The highest BCUT2D eigenvalue weighted by Gasteiger charge is 2.13. The molecule has 6 heteroatoms. The molecule has 0 saturated carbocycles. The molecule has 4 rings (SSSR count). The van der Waals surface area contributed by atoms with E-state index in [2.05, 4.69) is 5.32 Å². The van der Waals surface area contributed by atoms with E-state index in [9.17, 15) is 9.59 Å². The number of nitrogens with one attached hydrogen (secondary N) is 1. The number of thioether (sulfide) groups is 1. The highest BCUT2D eigenvalue weighted by Crippen LogP contribution is 2.22. The van der Waals surface area contributed by atoms with E-state index in [0.29, 0.717) is 28.2 Å². The molecular formula is C24H21N3O2S. The van der Waals surface area contributed by atoms with E-state index in [4.69, 9.17) is 4.98 Å². The highest BCUT2D eigenvalue weighted by atomic mass is 32.2. The molecule has 1 N–H and O–H groups in total. The van der Waals surface area contributed by atoms with Gasteiger partial charge in [0.05, 0.1) is 16.6 Å². The summed E-state index contributed by atoms with van der Waals surface area (Å²) in [4.78, 5) is 30.2. The molecule has 0 saturated heterocycles. The van der Waals surface area contributed by atoms with Gasteiger partial charge in [0.25, 0.3) is 5.56 Å². The van der Waals surface area contributed by atoms with Crippen LogP contribution in [0.15, 0.2) is 88.8 Å². The molecule has 0 aliphatic carbocycles. The van der Waals surface area contributed by atoms with Crippen molar-refractivity contribution in [3.05, 3.63) is 94.8 Å². The second-order valence-electron chi connectivity index (χ2n) is 6.90. The normalized spacial score (nSPS) is 10.8. The largest absolute Gasteiger partial charge is 0.326 e. The first-order valence-electron chi connectivity index (χ1n) is 9.68. The molecule has 1 heterocycles. The number of nitrogens with zero attached hydrogens (tertiary/aromatic N) is 2. The summed E-state index contributed by atoms with van der Waals surface area (Å²) in [5, 5.41) is 4.05. The van der Waals surface area contributed by atoms with E-state index in [1.807, 2.05) is 79.7 Å². The maximum atomic E-state index is 13.1. The van der Waals surface area contributed by atoms with Crippen molar-refractivity contribution in [3.8, 4) is 5.69 Å². The first kappa shape index (κ1) is 19.9. The third-order valence-electron chi connectivity index (χ3n) is 4.65. The summed E-state index contributed by atoms with van der Waals surface area (Å²) >= 11 is 1.40. The van der Waals surface area contributed by atoms with Crippen molar-refractivity contribution >= 4 is 34.3 Å². The summed E-state index contributed by atoms with van der Waals surface area (Å²) in [6.45, 7) is 2.01. The second-order valence-corrected chi connectivity index (χ2v) is 7.96. The Balaban J connectivity index is 1.55. The fourth-order valence-corrected chi connectivity index (χ4v) is 4.06. The van der Waals surface area contributed by atoms with Crippen LogP contribution >= 0.6 is 11.8 Å². The number of benzene rings is 3. The van der Waals surface area contributed by atoms with Crippen molar-refractivity contribution in [2.24, 2.45) is 0 Å². The van der Waals surface area contributed by atoms with Gasteiger partial charge in [0, 0.05) is 17.9 Å². The Morgan fingerprint density at radius 2 is 1.67 bits per heavy atom. The first-order valence-corrected chi connectivity index (χ1v) is 10.7. The van der Waals surface area contributed by atoms with Gasteiger partial charge in [0.1, 0.15) is 0 Å². The summed E-state index contributed by atoms with van der Waals surface area (Å²) in [5.74, 6) is 0.440. The molecule has 30 heavy (non-hydrogen) atoms. The Morgan fingerprint density at radius 1 is 0.967 bits per heavy atom. The Kier molecular flexibility index (Phi) is 5.95. The minimum atomic E-state index is -0.113. The van der Waals surface area contributed by atoms with E-state index in [1.165, 1.54) is 11.8 Å². The summed E-state index contributed by atoms with van der Waals surface area (Å²) in [6.07, 6.45) is 0.316. The molecule has 0 spiro atoms. The van der Waals surface area contributed by atoms with Gasteiger partial charge in [-0.1, -0.05) is 59.8 Å². The van der Waals surface area contributed by atoms with Gasteiger partial charge in [0.2, 0.25) is 5.91 Å². The van der Waals surface area contributed by atoms with Crippen LogP contribution in [0.5, 0.6) is 0 Å². The zero-order chi connectivity index (χ0) is 20.9. The molecule has 0 fully saturated rings. The molecular weight excluding hydrogens is 394 g/mol. The van der Waals surface area contributed by atoms with E-state index < -0.39 is 0 Å². The van der Waals surface area contributed by atoms with Gasteiger partial charge < -0.3 is 5.32 Å². The van der Waals surface area contributed by atoms with Crippen LogP contribution in [0, 0.1) is 6.92 Å². The van der Waals surface area contributed by atoms with Crippen molar-refractivity contribution in [1.82, 2.24) is 9.55 Å². The van der Waals surface area contributed by atoms with E-state index >= 15 is 0 Å². The standard InChI is InChI=1S/C24H21N3O2S/c1-17-11-13-18(14-12-17)25-22(28)15-16-30-24-26-21-10-6-5-9-20(21)23(29)27(24)19-7-3-2-4-8-19/h2-14H,15-16H2,1H3,(H,25,28). The summed E-state index contributed by atoms with van der Waals surface area (Å²) in [5.41, 5.74) is 3.22. The van der Waals surface area contributed by atoms with Gasteiger partial charge in [-0.3, -0.25) is 14.2 Å². The monoisotopic (exact) mass is 415 g/mol. The third kappa shape index (κ3) is 4.44. The van der Waals surface area contributed by atoms with Crippen molar-refractivity contribution in [2.45, 2.75) is 18.5 Å². The van der Waals surface area contributed by atoms with Gasteiger partial charge in [-0.15, -0.1) is 0 Å². The van der Waals surface area contributed by atoms with Crippen molar-refractivity contribution in [3.63, 3.8) is 0 Å². The van der Waals surface area contributed by atoms with Crippen LogP contribution < -0.4 is 10.9 Å². The first-order chi connectivity index (χ1) is 14.6. The molecule has 0 aliphatic rings. The minimum Gasteiger partial charge on any atom is -0.326 e. The SMILES string of the molecule is Cc1ccc(NC(=O)CCSc2nc3ccccc3c(=O)n2-c2ccccc2)cc1. The number of anilines is 1. The van der Waals surface area contributed by atoms with E-state index in [0.717, 1.165) is 16.9 Å². The van der Waals surface area contributed by atoms with Crippen LogP contribution in [0.1, 0.15) is 12.0 Å². The van der Waals surface area contributed by atoms with Gasteiger partial charge in [-0.25, -0.2) is 4.98 Å². The number of rotatable bonds is 6. The number of aryl methyl sites for hydroxylation is 1. The van der Waals surface area contributed by atoms with Crippen LogP contribution in [-0.2, 0) is 4.79 Å². The van der Waals surface area contributed by atoms with Crippen LogP contribution in [0.4, 0.5) is 5.69 Å². The number of hydrogen-bond donors (Lipinski definition) is 1. The predicted molar refractivity (Wildman–Crippen MR) is 122 cm³/mol. The van der Waals surface area contributed by atoms with Crippen LogP contribution in [0.25, 0.3) is 16.6 Å². The van der Waals surface area contributed by atoms with Crippen molar-refractivity contribution in [1.29, 1.82) is 0 Å². The Labute approximate surface area is 178 Å². The fourth-order valence-electron chi connectivity index (χ4n) is 3.11. The van der Waals surface area contributed by atoms with Gasteiger partial charge >= 0.3 is 0 Å². The molecule has 0 bridgehead atoms. The lowest BCUT2D eigenvalue weighted by Crippen LogP contribution is -2.22. The Hall–Kier alpha value is -3.38. The predicted octanol–water partition coefficient (Wildman–Crippen LogP) is 4.82. The molecule has 0 atom stereocenters. The molecule has 3 aromatic carbocycles.